The van der Waals surface area contributed by atoms with E-state index in [0.717, 1.165) is 16.8 Å². The van der Waals surface area contributed by atoms with Crippen molar-refractivity contribution in [3.63, 3.8) is 0 Å². The smallest absolute Gasteiger partial charge is 0.160 e. The van der Waals surface area contributed by atoms with Gasteiger partial charge in [-0.25, -0.2) is 9.97 Å². The zero-order chi connectivity index (χ0) is 15.4. The number of hydrogen-bond donors (Lipinski definition) is 0. The predicted molar refractivity (Wildman–Crippen MR) is 87.2 cm³/mol. The summed E-state index contributed by atoms with van der Waals surface area (Å²) in [7, 11) is 0. The van der Waals surface area contributed by atoms with Crippen LogP contribution in [0.5, 0.6) is 0 Å². The molecule has 0 aliphatic carbocycles. The molecule has 0 N–H and O–H groups in total. The molecule has 1 heterocycles. The van der Waals surface area contributed by atoms with Crippen LogP contribution < -0.4 is 0 Å². The maximum atomic E-state index is 8.95. The van der Waals surface area contributed by atoms with E-state index in [1.54, 1.807) is 0 Å². The highest BCUT2D eigenvalue weighted by molar-refractivity contribution is 6.30. The first-order valence-corrected chi connectivity index (χ1v) is 7.20. The summed E-state index contributed by atoms with van der Waals surface area (Å²) in [6, 6.07) is 21.2. The third-order valence-corrected chi connectivity index (χ3v) is 3.46. The SMILES string of the molecule is N#CCc1cc(-c2ccc(Cl)cc2)nc(-c2ccccc2)n1. The highest BCUT2D eigenvalue weighted by atomic mass is 35.5. The molecule has 1 aromatic heterocycles. The quantitative estimate of drug-likeness (QED) is 0.714. The van der Waals surface area contributed by atoms with Crippen molar-refractivity contribution in [1.82, 2.24) is 9.97 Å². The maximum absolute atomic E-state index is 8.95. The lowest BCUT2D eigenvalue weighted by Gasteiger charge is -2.07. The Morgan fingerprint density at radius 2 is 1.64 bits per heavy atom. The average molecular weight is 306 g/mol. The Labute approximate surface area is 133 Å². The van der Waals surface area contributed by atoms with Gasteiger partial charge in [0.1, 0.15) is 0 Å². The van der Waals surface area contributed by atoms with Gasteiger partial charge in [0.2, 0.25) is 0 Å². The molecule has 0 saturated carbocycles. The predicted octanol–water partition coefficient (Wildman–Crippen LogP) is 4.53. The fourth-order valence-corrected chi connectivity index (χ4v) is 2.28. The van der Waals surface area contributed by atoms with E-state index in [0.29, 0.717) is 16.5 Å². The van der Waals surface area contributed by atoms with Crippen LogP contribution in [0.25, 0.3) is 22.6 Å². The van der Waals surface area contributed by atoms with Crippen molar-refractivity contribution < 1.29 is 0 Å². The molecule has 0 radical (unpaired) electrons. The Bertz CT molecular complexity index is 821. The van der Waals surface area contributed by atoms with Gasteiger partial charge in [-0.05, 0) is 18.2 Å². The molecule has 0 amide bonds. The Hall–Kier alpha value is -2.70. The van der Waals surface area contributed by atoms with Crippen LogP contribution >= 0.6 is 11.6 Å². The fourth-order valence-electron chi connectivity index (χ4n) is 2.15. The Kier molecular flexibility index (Phi) is 4.13. The largest absolute Gasteiger partial charge is 0.232 e. The molecule has 0 aliphatic heterocycles. The van der Waals surface area contributed by atoms with Crippen molar-refractivity contribution in [3.05, 3.63) is 71.4 Å². The van der Waals surface area contributed by atoms with Crippen LogP contribution in [0, 0.1) is 11.3 Å². The van der Waals surface area contributed by atoms with E-state index in [9.17, 15) is 0 Å². The molecule has 0 atom stereocenters. The van der Waals surface area contributed by atoms with Gasteiger partial charge in [0.05, 0.1) is 23.9 Å². The summed E-state index contributed by atoms with van der Waals surface area (Å²) in [6.45, 7) is 0. The van der Waals surface area contributed by atoms with E-state index in [-0.39, 0.29) is 6.42 Å². The van der Waals surface area contributed by atoms with Gasteiger partial charge in [0, 0.05) is 16.1 Å². The topological polar surface area (TPSA) is 49.6 Å². The number of aromatic nitrogens is 2. The van der Waals surface area contributed by atoms with E-state index in [1.807, 2.05) is 60.7 Å². The molecular weight excluding hydrogens is 294 g/mol. The molecule has 22 heavy (non-hydrogen) atoms. The summed E-state index contributed by atoms with van der Waals surface area (Å²) in [5.74, 6) is 0.623. The van der Waals surface area contributed by atoms with Crippen LogP contribution in [0.1, 0.15) is 5.69 Å². The molecule has 3 nitrogen and oxygen atoms in total. The molecule has 0 fully saturated rings. The van der Waals surface area contributed by atoms with Crippen molar-refractivity contribution >= 4 is 11.6 Å². The molecule has 0 bridgehead atoms. The van der Waals surface area contributed by atoms with Gasteiger partial charge in [0.25, 0.3) is 0 Å². The monoisotopic (exact) mass is 305 g/mol. The molecule has 3 aromatic rings. The standard InChI is InChI=1S/C18H12ClN3/c19-15-8-6-13(7-9-15)17-12-16(10-11-20)21-18(22-17)14-4-2-1-3-5-14/h1-9,12H,10H2. The van der Waals surface area contributed by atoms with E-state index in [2.05, 4.69) is 16.0 Å². The van der Waals surface area contributed by atoms with Crippen molar-refractivity contribution in [1.29, 1.82) is 5.26 Å². The van der Waals surface area contributed by atoms with Gasteiger partial charge < -0.3 is 0 Å². The first-order valence-electron chi connectivity index (χ1n) is 6.82. The molecular formula is C18H12ClN3. The number of halogens is 1. The molecule has 2 aromatic carbocycles. The summed E-state index contributed by atoms with van der Waals surface area (Å²) in [5, 5.41) is 9.63. The molecule has 0 spiro atoms. The Morgan fingerprint density at radius 3 is 2.32 bits per heavy atom. The van der Waals surface area contributed by atoms with Crippen LogP contribution in [0.4, 0.5) is 0 Å². The minimum Gasteiger partial charge on any atom is -0.232 e. The van der Waals surface area contributed by atoms with Gasteiger partial charge in [-0.1, -0.05) is 54.1 Å². The second-order valence-electron chi connectivity index (χ2n) is 4.78. The van der Waals surface area contributed by atoms with Crippen molar-refractivity contribution in [2.75, 3.05) is 0 Å². The van der Waals surface area contributed by atoms with Crippen molar-refractivity contribution in [3.8, 4) is 28.7 Å². The molecule has 4 heteroatoms. The highest BCUT2D eigenvalue weighted by Gasteiger charge is 2.08. The number of rotatable bonds is 3. The summed E-state index contributed by atoms with van der Waals surface area (Å²) in [6.07, 6.45) is 0.253. The first kappa shape index (κ1) is 14.2. The second kappa shape index (κ2) is 6.38. The van der Waals surface area contributed by atoms with Crippen LogP contribution in [-0.4, -0.2) is 9.97 Å². The lowest BCUT2D eigenvalue weighted by atomic mass is 10.1. The zero-order valence-corrected chi connectivity index (χ0v) is 12.5. The summed E-state index contributed by atoms with van der Waals surface area (Å²) >= 11 is 5.93. The normalized spacial score (nSPS) is 10.2. The third kappa shape index (κ3) is 3.13. The van der Waals surface area contributed by atoms with E-state index in [1.165, 1.54) is 0 Å². The van der Waals surface area contributed by atoms with Crippen molar-refractivity contribution in [2.24, 2.45) is 0 Å². The van der Waals surface area contributed by atoms with E-state index in [4.69, 9.17) is 16.9 Å². The number of nitrogens with zero attached hydrogens (tertiary/aromatic N) is 3. The van der Waals surface area contributed by atoms with Crippen LogP contribution in [0.15, 0.2) is 60.7 Å². The summed E-state index contributed by atoms with van der Waals surface area (Å²) in [5.41, 5.74) is 3.37. The first-order chi connectivity index (χ1) is 10.8. The van der Waals surface area contributed by atoms with Gasteiger partial charge >= 0.3 is 0 Å². The van der Waals surface area contributed by atoms with E-state index < -0.39 is 0 Å². The van der Waals surface area contributed by atoms with Gasteiger partial charge in [-0.3, -0.25) is 0 Å². The van der Waals surface area contributed by atoms with Crippen LogP contribution in [0.2, 0.25) is 5.02 Å². The molecule has 3 rings (SSSR count). The third-order valence-electron chi connectivity index (χ3n) is 3.21. The highest BCUT2D eigenvalue weighted by Crippen LogP contribution is 2.24. The lowest BCUT2D eigenvalue weighted by molar-refractivity contribution is 1.07. The Balaban J connectivity index is 2.12. The van der Waals surface area contributed by atoms with Gasteiger partial charge in [-0.15, -0.1) is 0 Å². The number of benzene rings is 2. The average Bonchev–Trinajstić information content (AvgIpc) is 2.56. The van der Waals surface area contributed by atoms with Crippen LogP contribution in [-0.2, 0) is 6.42 Å². The minimum atomic E-state index is 0.253. The summed E-state index contributed by atoms with van der Waals surface area (Å²) in [4.78, 5) is 9.10. The lowest BCUT2D eigenvalue weighted by Crippen LogP contribution is -1.97. The molecule has 0 aliphatic rings. The molecule has 106 valence electrons. The van der Waals surface area contributed by atoms with Gasteiger partial charge in [-0.2, -0.15) is 5.26 Å². The fraction of sp³-hybridized carbons (Fsp3) is 0.0556. The van der Waals surface area contributed by atoms with E-state index >= 15 is 0 Å². The van der Waals surface area contributed by atoms with Gasteiger partial charge in [0.15, 0.2) is 5.82 Å². The minimum absolute atomic E-state index is 0.253. The summed E-state index contributed by atoms with van der Waals surface area (Å²) < 4.78 is 0. The second-order valence-corrected chi connectivity index (χ2v) is 5.21. The zero-order valence-electron chi connectivity index (χ0n) is 11.7. The Morgan fingerprint density at radius 1 is 0.909 bits per heavy atom. The maximum Gasteiger partial charge on any atom is 0.160 e. The number of nitriles is 1. The van der Waals surface area contributed by atoms with Crippen LogP contribution in [0.3, 0.4) is 0 Å². The molecule has 0 saturated heterocycles. The molecule has 0 unspecified atom stereocenters. The van der Waals surface area contributed by atoms with Crippen molar-refractivity contribution in [2.45, 2.75) is 6.42 Å². The number of hydrogen-bond acceptors (Lipinski definition) is 3.